The van der Waals surface area contributed by atoms with Crippen molar-refractivity contribution < 1.29 is 9.90 Å². The molecule has 1 aliphatic carbocycles. The van der Waals surface area contributed by atoms with Crippen LogP contribution in [0.2, 0.25) is 0 Å². The maximum atomic E-state index is 11.8. The van der Waals surface area contributed by atoms with Gasteiger partial charge in [-0.1, -0.05) is 19.3 Å². The molecule has 2 rings (SSSR count). The lowest BCUT2D eigenvalue weighted by atomic mass is 9.85. The van der Waals surface area contributed by atoms with E-state index in [0.29, 0.717) is 13.1 Å². The van der Waals surface area contributed by atoms with Gasteiger partial charge in [-0.3, -0.25) is 5.10 Å². The lowest BCUT2D eigenvalue weighted by Crippen LogP contribution is -2.47. The van der Waals surface area contributed by atoms with Crippen LogP contribution in [0.4, 0.5) is 4.79 Å². The normalized spacial score (nSPS) is 17.2. The average molecular weight is 308 g/mol. The highest BCUT2D eigenvalue weighted by Crippen LogP contribution is 2.27. The highest BCUT2D eigenvalue weighted by molar-refractivity contribution is 5.73. The SMILES string of the molecule is Cc1n[nH]c(C)c1CCCNC(=O)NCC1(O)CCCCC1. The molecule has 6 heteroatoms. The molecule has 0 unspecified atom stereocenters. The lowest BCUT2D eigenvalue weighted by molar-refractivity contribution is 0.00720. The number of carbonyl (C=O) groups is 1. The van der Waals surface area contributed by atoms with E-state index in [1.807, 2.05) is 13.8 Å². The highest BCUT2D eigenvalue weighted by Gasteiger charge is 2.29. The molecule has 2 amide bonds. The minimum Gasteiger partial charge on any atom is -0.388 e. The van der Waals surface area contributed by atoms with Gasteiger partial charge >= 0.3 is 6.03 Å². The van der Waals surface area contributed by atoms with Gasteiger partial charge in [0.15, 0.2) is 0 Å². The van der Waals surface area contributed by atoms with E-state index in [9.17, 15) is 9.90 Å². The number of nitrogens with one attached hydrogen (secondary N) is 3. The topological polar surface area (TPSA) is 90.0 Å². The predicted molar refractivity (Wildman–Crippen MR) is 85.8 cm³/mol. The van der Waals surface area contributed by atoms with E-state index in [1.54, 1.807) is 0 Å². The second kappa shape index (κ2) is 7.63. The molecule has 1 aliphatic rings. The summed E-state index contributed by atoms with van der Waals surface area (Å²) in [4.78, 5) is 11.8. The third kappa shape index (κ3) is 4.73. The molecule has 22 heavy (non-hydrogen) atoms. The molecule has 1 saturated carbocycles. The molecule has 4 N–H and O–H groups in total. The maximum absolute atomic E-state index is 11.8. The molecule has 0 bridgehead atoms. The van der Waals surface area contributed by atoms with Crippen molar-refractivity contribution in [3.63, 3.8) is 0 Å². The third-order valence-corrected chi connectivity index (χ3v) is 4.53. The summed E-state index contributed by atoms with van der Waals surface area (Å²) in [5.41, 5.74) is 2.65. The Labute approximate surface area is 132 Å². The summed E-state index contributed by atoms with van der Waals surface area (Å²) in [5.74, 6) is 0. The van der Waals surface area contributed by atoms with Crippen molar-refractivity contribution in [1.29, 1.82) is 0 Å². The zero-order valence-corrected chi connectivity index (χ0v) is 13.7. The van der Waals surface area contributed by atoms with Crippen LogP contribution >= 0.6 is 0 Å². The Kier molecular flexibility index (Phi) is 5.83. The first-order valence-electron chi connectivity index (χ1n) is 8.25. The number of aromatic amines is 1. The Morgan fingerprint density at radius 2 is 2.00 bits per heavy atom. The van der Waals surface area contributed by atoms with E-state index in [2.05, 4.69) is 20.8 Å². The van der Waals surface area contributed by atoms with Gasteiger partial charge in [-0.15, -0.1) is 0 Å². The smallest absolute Gasteiger partial charge is 0.314 e. The van der Waals surface area contributed by atoms with Gasteiger partial charge in [0.05, 0.1) is 11.3 Å². The molecule has 0 radical (unpaired) electrons. The van der Waals surface area contributed by atoms with E-state index in [1.165, 1.54) is 12.0 Å². The fourth-order valence-electron chi connectivity index (χ4n) is 3.10. The predicted octanol–water partition coefficient (Wildman–Crippen LogP) is 1.95. The molecule has 124 valence electrons. The summed E-state index contributed by atoms with van der Waals surface area (Å²) in [7, 11) is 0. The number of amides is 2. The third-order valence-electron chi connectivity index (χ3n) is 4.53. The minimum atomic E-state index is -0.708. The van der Waals surface area contributed by atoms with Crippen LogP contribution in [0.25, 0.3) is 0 Å². The Morgan fingerprint density at radius 1 is 1.27 bits per heavy atom. The number of aryl methyl sites for hydroxylation is 2. The Bertz CT molecular complexity index is 473. The molecule has 1 aromatic rings. The number of aromatic nitrogens is 2. The molecule has 1 aromatic heterocycles. The molecule has 6 nitrogen and oxygen atoms in total. The number of urea groups is 1. The van der Waals surface area contributed by atoms with Gasteiger partial charge in [0.25, 0.3) is 0 Å². The van der Waals surface area contributed by atoms with Crippen LogP contribution < -0.4 is 10.6 Å². The fourth-order valence-corrected chi connectivity index (χ4v) is 3.10. The molecule has 0 aliphatic heterocycles. The van der Waals surface area contributed by atoms with Crippen LogP contribution in [0.15, 0.2) is 0 Å². The molecule has 1 heterocycles. The van der Waals surface area contributed by atoms with Gasteiger partial charge in [0.1, 0.15) is 0 Å². The van der Waals surface area contributed by atoms with Gasteiger partial charge in [-0.2, -0.15) is 5.10 Å². The summed E-state index contributed by atoms with van der Waals surface area (Å²) in [5, 5.41) is 23.1. The van der Waals surface area contributed by atoms with Crippen LogP contribution in [0.1, 0.15) is 55.5 Å². The van der Waals surface area contributed by atoms with Gasteiger partial charge in [-0.05, 0) is 45.1 Å². The van der Waals surface area contributed by atoms with Crippen LogP contribution in [-0.4, -0.2) is 40.0 Å². The molecular weight excluding hydrogens is 280 g/mol. The average Bonchev–Trinajstić information content (AvgIpc) is 2.82. The standard InChI is InChI=1S/C16H28N4O2/c1-12-14(13(2)20-19-12)7-6-10-17-15(21)18-11-16(22)8-4-3-5-9-16/h22H,3-11H2,1-2H3,(H,19,20)(H2,17,18,21). The molecule has 0 atom stereocenters. The van der Waals surface area contributed by atoms with Crippen molar-refractivity contribution in [3.05, 3.63) is 17.0 Å². The Hall–Kier alpha value is -1.56. The van der Waals surface area contributed by atoms with E-state index in [-0.39, 0.29) is 6.03 Å². The minimum absolute atomic E-state index is 0.195. The first kappa shape index (κ1) is 16.8. The zero-order chi connectivity index (χ0) is 16.0. The maximum Gasteiger partial charge on any atom is 0.314 e. The lowest BCUT2D eigenvalue weighted by Gasteiger charge is -2.32. The van der Waals surface area contributed by atoms with Crippen molar-refractivity contribution in [2.45, 2.75) is 64.4 Å². The largest absolute Gasteiger partial charge is 0.388 e. The summed E-state index contributed by atoms with van der Waals surface area (Å²) < 4.78 is 0. The van der Waals surface area contributed by atoms with Gasteiger partial charge in [-0.25, -0.2) is 4.79 Å². The van der Waals surface area contributed by atoms with E-state index in [4.69, 9.17) is 0 Å². The summed E-state index contributed by atoms with van der Waals surface area (Å²) in [6.45, 7) is 4.97. The van der Waals surface area contributed by atoms with Crippen molar-refractivity contribution >= 4 is 6.03 Å². The molecule has 0 saturated heterocycles. The van der Waals surface area contributed by atoms with Crippen LogP contribution in [-0.2, 0) is 6.42 Å². The van der Waals surface area contributed by atoms with Gasteiger partial charge in [0, 0.05) is 18.8 Å². The number of carbonyl (C=O) groups excluding carboxylic acids is 1. The van der Waals surface area contributed by atoms with Crippen molar-refractivity contribution in [1.82, 2.24) is 20.8 Å². The number of H-pyrrole nitrogens is 1. The summed E-state index contributed by atoms with van der Waals surface area (Å²) in [6, 6.07) is -0.195. The zero-order valence-electron chi connectivity index (χ0n) is 13.7. The van der Waals surface area contributed by atoms with Crippen LogP contribution in [0.5, 0.6) is 0 Å². The highest BCUT2D eigenvalue weighted by atomic mass is 16.3. The van der Waals surface area contributed by atoms with E-state index >= 15 is 0 Å². The fraction of sp³-hybridized carbons (Fsp3) is 0.750. The quantitative estimate of drug-likeness (QED) is 0.606. The monoisotopic (exact) mass is 308 g/mol. The summed E-state index contributed by atoms with van der Waals surface area (Å²) in [6.07, 6.45) is 6.61. The number of aliphatic hydroxyl groups is 1. The van der Waals surface area contributed by atoms with Crippen molar-refractivity contribution in [2.24, 2.45) is 0 Å². The number of nitrogens with zero attached hydrogens (tertiary/aromatic N) is 1. The molecule has 0 spiro atoms. The molecule has 0 aromatic carbocycles. The van der Waals surface area contributed by atoms with Crippen molar-refractivity contribution in [2.75, 3.05) is 13.1 Å². The van der Waals surface area contributed by atoms with E-state index in [0.717, 1.165) is 49.9 Å². The first-order chi connectivity index (χ1) is 10.5. The van der Waals surface area contributed by atoms with Crippen LogP contribution in [0.3, 0.4) is 0 Å². The van der Waals surface area contributed by atoms with Crippen LogP contribution in [0, 0.1) is 13.8 Å². The second-order valence-corrected chi connectivity index (χ2v) is 6.41. The number of hydrogen-bond acceptors (Lipinski definition) is 3. The second-order valence-electron chi connectivity index (χ2n) is 6.41. The Morgan fingerprint density at radius 3 is 2.64 bits per heavy atom. The summed E-state index contributed by atoms with van der Waals surface area (Å²) >= 11 is 0. The number of rotatable bonds is 6. The van der Waals surface area contributed by atoms with Crippen molar-refractivity contribution in [3.8, 4) is 0 Å². The first-order valence-corrected chi connectivity index (χ1v) is 8.25. The van der Waals surface area contributed by atoms with Gasteiger partial charge in [0.2, 0.25) is 0 Å². The van der Waals surface area contributed by atoms with E-state index < -0.39 is 5.60 Å². The molecule has 1 fully saturated rings. The van der Waals surface area contributed by atoms with Gasteiger partial charge < -0.3 is 15.7 Å². The number of hydrogen-bond donors (Lipinski definition) is 4. The molecular formula is C16H28N4O2. The Balaban J connectivity index is 1.62.